The normalized spacial score (nSPS) is 17.1. The molecular weight excluding hydrogens is 300 g/mol. The van der Waals surface area contributed by atoms with Crippen LogP contribution in [0.1, 0.15) is 12.5 Å². The molecule has 1 aromatic carbocycles. The van der Waals surface area contributed by atoms with E-state index in [4.69, 9.17) is 16.3 Å². The first-order valence-corrected chi connectivity index (χ1v) is 7.94. The molecule has 1 aromatic rings. The second-order valence-corrected chi connectivity index (χ2v) is 6.02. The summed E-state index contributed by atoms with van der Waals surface area (Å²) in [6.45, 7) is 11.6. The van der Waals surface area contributed by atoms with Crippen LogP contribution in [0.2, 0.25) is 5.02 Å². The Bertz CT molecular complexity index is 539. The molecule has 120 valence electrons. The Morgan fingerprint density at radius 3 is 2.68 bits per heavy atom. The van der Waals surface area contributed by atoms with E-state index in [2.05, 4.69) is 11.5 Å². The number of amides is 1. The van der Waals surface area contributed by atoms with Crippen molar-refractivity contribution < 1.29 is 9.53 Å². The van der Waals surface area contributed by atoms with Crippen LogP contribution in [0.4, 0.5) is 0 Å². The molecule has 5 heteroatoms. The largest absolute Gasteiger partial charge is 0.481 e. The second-order valence-electron chi connectivity index (χ2n) is 5.58. The molecule has 1 amide bonds. The number of ether oxygens (including phenoxy) is 1. The van der Waals surface area contributed by atoms with E-state index in [0.29, 0.717) is 10.8 Å². The van der Waals surface area contributed by atoms with Gasteiger partial charge in [0, 0.05) is 37.7 Å². The Morgan fingerprint density at radius 2 is 2.09 bits per heavy atom. The van der Waals surface area contributed by atoms with Crippen molar-refractivity contribution in [2.75, 3.05) is 32.7 Å². The van der Waals surface area contributed by atoms with Gasteiger partial charge < -0.3 is 9.64 Å². The Balaban J connectivity index is 1.91. The van der Waals surface area contributed by atoms with E-state index in [1.807, 2.05) is 30.0 Å². The summed E-state index contributed by atoms with van der Waals surface area (Å²) < 4.78 is 5.81. The molecule has 22 heavy (non-hydrogen) atoms. The van der Waals surface area contributed by atoms with Crippen LogP contribution in [0.25, 0.3) is 0 Å². The summed E-state index contributed by atoms with van der Waals surface area (Å²) in [6.07, 6.45) is 1.40. The van der Waals surface area contributed by atoms with Crippen LogP contribution in [0, 0.1) is 6.92 Å². The first kappa shape index (κ1) is 16.8. The summed E-state index contributed by atoms with van der Waals surface area (Å²) >= 11 is 5.93. The Kier molecular flexibility index (Phi) is 5.86. The minimum absolute atomic E-state index is 0.0348. The van der Waals surface area contributed by atoms with Gasteiger partial charge >= 0.3 is 0 Å². The minimum Gasteiger partial charge on any atom is -0.481 e. The number of carbonyl (C=O) groups is 1. The quantitative estimate of drug-likeness (QED) is 0.781. The maximum Gasteiger partial charge on any atom is 0.263 e. The van der Waals surface area contributed by atoms with Gasteiger partial charge in [0.1, 0.15) is 5.75 Å². The number of hydrogen-bond acceptors (Lipinski definition) is 3. The van der Waals surface area contributed by atoms with Gasteiger partial charge in [-0.05, 0) is 37.6 Å². The van der Waals surface area contributed by atoms with Crippen molar-refractivity contribution in [3.8, 4) is 5.75 Å². The van der Waals surface area contributed by atoms with Crippen LogP contribution in [0.15, 0.2) is 30.9 Å². The van der Waals surface area contributed by atoms with Crippen molar-refractivity contribution in [3.05, 3.63) is 41.4 Å². The number of halogens is 1. The molecule has 0 unspecified atom stereocenters. The fraction of sp³-hybridized carbons (Fsp3) is 0.471. The number of carbonyl (C=O) groups excluding carboxylic acids is 1. The van der Waals surface area contributed by atoms with E-state index in [9.17, 15) is 4.79 Å². The first-order chi connectivity index (χ1) is 10.5. The highest BCUT2D eigenvalue weighted by atomic mass is 35.5. The van der Waals surface area contributed by atoms with Crippen molar-refractivity contribution in [3.63, 3.8) is 0 Å². The summed E-state index contributed by atoms with van der Waals surface area (Å²) in [4.78, 5) is 16.6. The van der Waals surface area contributed by atoms with Crippen molar-refractivity contribution in [2.45, 2.75) is 20.0 Å². The lowest BCUT2D eigenvalue weighted by Crippen LogP contribution is -2.51. The number of piperazine rings is 1. The van der Waals surface area contributed by atoms with Crippen LogP contribution in [-0.2, 0) is 4.79 Å². The van der Waals surface area contributed by atoms with Gasteiger partial charge in [0.2, 0.25) is 0 Å². The number of hydrogen-bond donors (Lipinski definition) is 0. The highest BCUT2D eigenvalue weighted by Gasteiger charge is 2.25. The number of benzene rings is 1. The number of rotatable bonds is 5. The van der Waals surface area contributed by atoms with Gasteiger partial charge in [0.15, 0.2) is 6.10 Å². The zero-order valence-corrected chi connectivity index (χ0v) is 14.0. The predicted molar refractivity (Wildman–Crippen MR) is 89.5 cm³/mol. The average molecular weight is 323 g/mol. The predicted octanol–water partition coefficient (Wildman–Crippen LogP) is 2.75. The molecule has 1 fully saturated rings. The molecule has 0 radical (unpaired) electrons. The highest BCUT2D eigenvalue weighted by molar-refractivity contribution is 6.30. The van der Waals surface area contributed by atoms with Gasteiger partial charge in [0.05, 0.1) is 0 Å². The Labute approximate surface area is 137 Å². The van der Waals surface area contributed by atoms with Crippen molar-refractivity contribution >= 4 is 17.5 Å². The van der Waals surface area contributed by atoms with Gasteiger partial charge in [-0.25, -0.2) is 0 Å². The third-order valence-electron chi connectivity index (χ3n) is 3.86. The molecule has 1 heterocycles. The van der Waals surface area contributed by atoms with Crippen LogP contribution in [0.3, 0.4) is 0 Å². The molecule has 1 saturated heterocycles. The number of nitrogens with zero attached hydrogens (tertiary/aromatic N) is 2. The smallest absolute Gasteiger partial charge is 0.263 e. The van der Waals surface area contributed by atoms with Crippen molar-refractivity contribution in [2.24, 2.45) is 0 Å². The van der Waals surface area contributed by atoms with Crippen molar-refractivity contribution in [1.29, 1.82) is 0 Å². The fourth-order valence-corrected chi connectivity index (χ4v) is 2.80. The van der Waals surface area contributed by atoms with Crippen LogP contribution in [0.5, 0.6) is 5.75 Å². The van der Waals surface area contributed by atoms with Crippen LogP contribution < -0.4 is 4.74 Å². The molecule has 0 spiro atoms. The summed E-state index contributed by atoms with van der Waals surface area (Å²) in [5.74, 6) is 0.739. The fourth-order valence-electron chi connectivity index (χ4n) is 2.58. The summed E-state index contributed by atoms with van der Waals surface area (Å²) in [5, 5.41) is 0.669. The molecular formula is C17H23ClN2O2. The molecule has 0 aliphatic carbocycles. The molecule has 0 bridgehead atoms. The standard InChI is InChI=1S/C17H23ClN2O2/c1-4-7-19-8-10-20(11-9-19)17(21)14(3)22-16-6-5-15(18)12-13(16)2/h4-6,12,14H,1,7-11H2,2-3H3/t14-/m0/s1. The molecule has 1 atom stereocenters. The van der Waals surface area contributed by atoms with E-state index >= 15 is 0 Å². The third kappa shape index (κ3) is 4.24. The van der Waals surface area contributed by atoms with Gasteiger partial charge in [-0.1, -0.05) is 17.7 Å². The van der Waals surface area contributed by atoms with E-state index < -0.39 is 6.10 Å². The monoisotopic (exact) mass is 322 g/mol. The van der Waals surface area contributed by atoms with Gasteiger partial charge in [-0.3, -0.25) is 9.69 Å². The van der Waals surface area contributed by atoms with Gasteiger partial charge in [0.25, 0.3) is 5.91 Å². The minimum atomic E-state index is -0.495. The zero-order valence-electron chi connectivity index (χ0n) is 13.2. The molecule has 0 aromatic heterocycles. The molecule has 1 aliphatic rings. The second kappa shape index (κ2) is 7.65. The van der Waals surface area contributed by atoms with Crippen LogP contribution >= 0.6 is 11.6 Å². The molecule has 2 rings (SSSR count). The topological polar surface area (TPSA) is 32.8 Å². The summed E-state index contributed by atoms with van der Waals surface area (Å²) in [7, 11) is 0. The summed E-state index contributed by atoms with van der Waals surface area (Å²) in [6, 6.07) is 5.42. The lowest BCUT2D eigenvalue weighted by atomic mass is 10.2. The SMILES string of the molecule is C=CCN1CCN(C(=O)[C@H](C)Oc2ccc(Cl)cc2C)CC1. The Morgan fingerprint density at radius 1 is 1.41 bits per heavy atom. The van der Waals surface area contributed by atoms with Crippen molar-refractivity contribution in [1.82, 2.24) is 9.80 Å². The number of aryl methyl sites for hydroxylation is 1. The zero-order chi connectivity index (χ0) is 16.1. The van der Waals surface area contributed by atoms with E-state index in [1.54, 1.807) is 13.0 Å². The third-order valence-corrected chi connectivity index (χ3v) is 4.09. The van der Waals surface area contributed by atoms with Crippen LogP contribution in [-0.4, -0.2) is 54.5 Å². The van der Waals surface area contributed by atoms with Gasteiger partial charge in [-0.15, -0.1) is 6.58 Å². The lowest BCUT2D eigenvalue weighted by Gasteiger charge is -2.35. The lowest BCUT2D eigenvalue weighted by molar-refractivity contribution is -0.139. The first-order valence-electron chi connectivity index (χ1n) is 7.56. The molecule has 0 N–H and O–H groups in total. The molecule has 4 nitrogen and oxygen atoms in total. The summed E-state index contributed by atoms with van der Waals surface area (Å²) in [5.41, 5.74) is 0.933. The molecule has 0 saturated carbocycles. The Hall–Kier alpha value is -1.52. The highest BCUT2D eigenvalue weighted by Crippen LogP contribution is 2.23. The maximum atomic E-state index is 12.5. The molecule has 1 aliphatic heterocycles. The van der Waals surface area contributed by atoms with E-state index in [0.717, 1.165) is 38.3 Å². The van der Waals surface area contributed by atoms with E-state index in [-0.39, 0.29) is 5.91 Å². The maximum absolute atomic E-state index is 12.5. The van der Waals surface area contributed by atoms with Gasteiger partial charge in [-0.2, -0.15) is 0 Å². The average Bonchev–Trinajstić information content (AvgIpc) is 2.50. The van der Waals surface area contributed by atoms with E-state index in [1.165, 1.54) is 0 Å².